The number of hydrogen-bond acceptors (Lipinski definition) is 2. The number of amides is 1. The predicted octanol–water partition coefficient (Wildman–Crippen LogP) is 1.95. The first-order valence-electron chi connectivity index (χ1n) is 6.14. The van der Waals surface area contributed by atoms with Crippen LogP contribution in [0, 0.1) is 17.3 Å². The first-order chi connectivity index (χ1) is 7.14. The molecular weight excluding hydrogens is 202 g/mol. The quantitative estimate of drug-likeness (QED) is 0.754. The average molecular weight is 227 g/mol. The van der Waals surface area contributed by atoms with Gasteiger partial charge in [0.05, 0.1) is 5.60 Å². The van der Waals surface area contributed by atoms with Gasteiger partial charge in [-0.25, -0.2) is 0 Å². The summed E-state index contributed by atoms with van der Waals surface area (Å²) >= 11 is 0. The molecule has 0 radical (unpaired) electrons. The van der Waals surface area contributed by atoms with Gasteiger partial charge in [0.25, 0.3) is 0 Å². The molecule has 0 aromatic carbocycles. The highest BCUT2D eigenvalue weighted by molar-refractivity contribution is 5.82. The Balaban J connectivity index is 2.32. The molecule has 0 aliphatic heterocycles. The zero-order chi connectivity index (χ0) is 12.6. The van der Waals surface area contributed by atoms with E-state index in [1.165, 1.54) is 0 Å². The van der Waals surface area contributed by atoms with Crippen molar-refractivity contribution in [3.63, 3.8) is 0 Å². The third-order valence-electron chi connectivity index (χ3n) is 3.32. The van der Waals surface area contributed by atoms with E-state index in [2.05, 4.69) is 33.0 Å². The summed E-state index contributed by atoms with van der Waals surface area (Å²) in [6.45, 7) is 10.5. The molecule has 1 fully saturated rings. The van der Waals surface area contributed by atoms with E-state index in [1.807, 2.05) is 0 Å². The molecule has 0 saturated heterocycles. The minimum atomic E-state index is -0.789. The van der Waals surface area contributed by atoms with Crippen molar-refractivity contribution < 1.29 is 9.90 Å². The molecule has 0 spiro atoms. The van der Waals surface area contributed by atoms with Crippen molar-refractivity contribution in [2.45, 2.75) is 53.1 Å². The van der Waals surface area contributed by atoms with E-state index in [0.29, 0.717) is 18.9 Å². The van der Waals surface area contributed by atoms with E-state index in [9.17, 15) is 9.90 Å². The summed E-state index contributed by atoms with van der Waals surface area (Å²) in [5.41, 5.74) is -0.628. The number of carbonyl (C=O) groups is 1. The Kier molecular flexibility index (Phi) is 3.68. The van der Waals surface area contributed by atoms with Crippen molar-refractivity contribution in [2.24, 2.45) is 17.3 Å². The smallest absolute Gasteiger partial charge is 0.223 e. The van der Waals surface area contributed by atoms with Crippen LogP contribution in [0.3, 0.4) is 0 Å². The highest BCUT2D eigenvalue weighted by Gasteiger charge is 2.50. The van der Waals surface area contributed by atoms with Gasteiger partial charge in [-0.05, 0) is 31.1 Å². The number of nitrogens with one attached hydrogen (secondary N) is 1. The lowest BCUT2D eigenvalue weighted by Gasteiger charge is -2.25. The third-order valence-corrected chi connectivity index (χ3v) is 3.32. The van der Waals surface area contributed by atoms with Crippen molar-refractivity contribution in [1.29, 1.82) is 0 Å². The predicted molar refractivity (Wildman–Crippen MR) is 65.0 cm³/mol. The number of rotatable bonds is 5. The molecule has 1 aliphatic rings. The van der Waals surface area contributed by atoms with Crippen molar-refractivity contribution in [2.75, 3.05) is 6.54 Å². The highest BCUT2D eigenvalue weighted by atomic mass is 16.3. The van der Waals surface area contributed by atoms with Gasteiger partial charge in [0.1, 0.15) is 0 Å². The van der Waals surface area contributed by atoms with Crippen LogP contribution in [0.4, 0.5) is 0 Å². The van der Waals surface area contributed by atoms with Gasteiger partial charge >= 0.3 is 0 Å². The van der Waals surface area contributed by atoms with E-state index < -0.39 is 5.60 Å². The Labute approximate surface area is 98.6 Å². The van der Waals surface area contributed by atoms with Crippen LogP contribution in [0.5, 0.6) is 0 Å². The zero-order valence-corrected chi connectivity index (χ0v) is 11.1. The lowest BCUT2D eigenvalue weighted by atomic mass is 9.94. The molecule has 1 aliphatic carbocycles. The number of hydrogen-bond donors (Lipinski definition) is 2. The van der Waals surface area contributed by atoms with Gasteiger partial charge in [-0.2, -0.15) is 0 Å². The summed E-state index contributed by atoms with van der Waals surface area (Å²) in [6, 6.07) is 0. The Morgan fingerprint density at radius 1 is 1.56 bits per heavy atom. The second-order valence-electron chi connectivity index (χ2n) is 6.56. The molecule has 2 unspecified atom stereocenters. The molecule has 16 heavy (non-hydrogen) atoms. The topological polar surface area (TPSA) is 49.3 Å². The number of carbonyl (C=O) groups excluding carboxylic acids is 1. The number of aliphatic hydroxyl groups is 1. The largest absolute Gasteiger partial charge is 0.388 e. The minimum Gasteiger partial charge on any atom is -0.388 e. The SMILES string of the molecule is CC(C)CC(C)(O)CNC(=O)C1CC1(C)C. The molecule has 1 saturated carbocycles. The summed E-state index contributed by atoms with van der Waals surface area (Å²) in [5.74, 6) is 0.667. The van der Waals surface area contributed by atoms with Crippen LogP contribution in [-0.2, 0) is 4.79 Å². The Hall–Kier alpha value is -0.570. The molecule has 2 N–H and O–H groups in total. The summed E-state index contributed by atoms with van der Waals surface area (Å²) in [7, 11) is 0. The molecule has 0 bridgehead atoms. The monoisotopic (exact) mass is 227 g/mol. The maximum Gasteiger partial charge on any atom is 0.223 e. The van der Waals surface area contributed by atoms with Gasteiger partial charge in [-0.15, -0.1) is 0 Å². The Morgan fingerprint density at radius 3 is 2.44 bits per heavy atom. The fourth-order valence-corrected chi connectivity index (χ4v) is 2.27. The van der Waals surface area contributed by atoms with Gasteiger partial charge in [-0.3, -0.25) is 4.79 Å². The van der Waals surface area contributed by atoms with Crippen LogP contribution < -0.4 is 5.32 Å². The van der Waals surface area contributed by atoms with Gasteiger partial charge < -0.3 is 10.4 Å². The molecule has 3 nitrogen and oxygen atoms in total. The first-order valence-corrected chi connectivity index (χ1v) is 6.14. The third kappa shape index (κ3) is 3.78. The van der Waals surface area contributed by atoms with E-state index >= 15 is 0 Å². The van der Waals surface area contributed by atoms with Crippen LogP contribution in [-0.4, -0.2) is 23.2 Å². The Morgan fingerprint density at radius 2 is 2.06 bits per heavy atom. The lowest BCUT2D eigenvalue weighted by molar-refractivity contribution is -0.124. The molecular formula is C13H25NO2. The second-order valence-corrected chi connectivity index (χ2v) is 6.56. The van der Waals surface area contributed by atoms with E-state index in [1.54, 1.807) is 6.92 Å². The summed E-state index contributed by atoms with van der Waals surface area (Å²) in [5, 5.41) is 12.9. The van der Waals surface area contributed by atoms with Crippen molar-refractivity contribution in [1.82, 2.24) is 5.32 Å². The summed E-state index contributed by atoms with van der Waals surface area (Å²) in [6.07, 6.45) is 1.67. The van der Waals surface area contributed by atoms with Gasteiger partial charge in [0, 0.05) is 12.5 Å². The molecule has 0 aromatic rings. The summed E-state index contributed by atoms with van der Waals surface area (Å²) in [4.78, 5) is 11.7. The molecule has 1 amide bonds. The molecule has 94 valence electrons. The zero-order valence-electron chi connectivity index (χ0n) is 11.1. The first kappa shape index (κ1) is 13.5. The maximum atomic E-state index is 11.7. The van der Waals surface area contributed by atoms with Gasteiger partial charge in [-0.1, -0.05) is 27.7 Å². The molecule has 3 heteroatoms. The van der Waals surface area contributed by atoms with E-state index in [4.69, 9.17) is 0 Å². The molecule has 2 atom stereocenters. The molecule has 0 aromatic heterocycles. The van der Waals surface area contributed by atoms with Crippen LogP contribution >= 0.6 is 0 Å². The van der Waals surface area contributed by atoms with Crippen LogP contribution in [0.1, 0.15) is 47.5 Å². The van der Waals surface area contributed by atoms with Crippen LogP contribution in [0.2, 0.25) is 0 Å². The van der Waals surface area contributed by atoms with E-state index in [-0.39, 0.29) is 17.2 Å². The fraction of sp³-hybridized carbons (Fsp3) is 0.923. The fourth-order valence-electron chi connectivity index (χ4n) is 2.27. The van der Waals surface area contributed by atoms with Crippen molar-refractivity contribution in [3.05, 3.63) is 0 Å². The van der Waals surface area contributed by atoms with Gasteiger partial charge in [0.2, 0.25) is 5.91 Å². The minimum absolute atomic E-state index is 0.0917. The van der Waals surface area contributed by atoms with Crippen LogP contribution in [0.15, 0.2) is 0 Å². The standard InChI is InChI=1S/C13H25NO2/c1-9(2)6-13(5,16)8-14-11(15)10-7-12(10,3)4/h9-10,16H,6-8H2,1-5H3,(H,14,15). The normalized spacial score (nSPS) is 26.3. The maximum absolute atomic E-state index is 11.7. The van der Waals surface area contributed by atoms with Crippen molar-refractivity contribution in [3.8, 4) is 0 Å². The lowest BCUT2D eigenvalue weighted by Crippen LogP contribution is -2.42. The highest BCUT2D eigenvalue weighted by Crippen LogP contribution is 2.51. The van der Waals surface area contributed by atoms with Crippen molar-refractivity contribution >= 4 is 5.91 Å². The summed E-state index contributed by atoms with van der Waals surface area (Å²) < 4.78 is 0. The molecule has 1 rings (SSSR count). The van der Waals surface area contributed by atoms with Crippen LogP contribution in [0.25, 0.3) is 0 Å². The average Bonchev–Trinajstić information content (AvgIpc) is 2.69. The Bertz CT molecular complexity index is 269. The molecule has 0 heterocycles. The second kappa shape index (κ2) is 4.36. The van der Waals surface area contributed by atoms with E-state index in [0.717, 1.165) is 6.42 Å². The van der Waals surface area contributed by atoms with Gasteiger partial charge in [0.15, 0.2) is 0 Å².